The van der Waals surface area contributed by atoms with Crippen molar-refractivity contribution in [2.24, 2.45) is 0 Å². The Morgan fingerprint density at radius 2 is 1.97 bits per heavy atom. The average Bonchev–Trinajstić information content (AvgIpc) is 3.32. The van der Waals surface area contributed by atoms with E-state index >= 15 is 0 Å². The quantitative estimate of drug-likeness (QED) is 0.537. The lowest BCUT2D eigenvalue weighted by molar-refractivity contribution is -0.129. The maximum atomic E-state index is 13.6. The number of Topliss-reactive ketones (excluding diaryl/α,β-unsaturated/α-hetero) is 1. The number of methoxy groups -OCH3 is 1. The second-order valence-corrected chi connectivity index (χ2v) is 7.69. The van der Waals surface area contributed by atoms with Gasteiger partial charge in [0.15, 0.2) is 22.9 Å². The van der Waals surface area contributed by atoms with Gasteiger partial charge in [0.25, 0.3) is 5.91 Å². The predicted molar refractivity (Wildman–Crippen MR) is 117 cm³/mol. The van der Waals surface area contributed by atoms with E-state index in [1.807, 2.05) is 50.2 Å². The fraction of sp³-hybridized carbons (Fsp3) is 0.280. The van der Waals surface area contributed by atoms with E-state index in [0.29, 0.717) is 23.3 Å². The summed E-state index contributed by atoms with van der Waals surface area (Å²) in [6.07, 6.45) is 1.66. The molecule has 1 aliphatic heterocycles. The van der Waals surface area contributed by atoms with Crippen LogP contribution in [0, 0.1) is 6.92 Å². The minimum atomic E-state index is -0.664. The number of ketones is 1. The molecule has 6 heteroatoms. The number of nitrogens with zero attached hydrogens (tertiary/aromatic N) is 1. The first-order chi connectivity index (χ1) is 15.0. The summed E-state index contributed by atoms with van der Waals surface area (Å²) < 4.78 is 11.2. The molecule has 0 aliphatic carbocycles. The average molecular weight is 419 g/mol. The topological polar surface area (TPSA) is 80.0 Å². The summed E-state index contributed by atoms with van der Waals surface area (Å²) in [6.45, 7) is 4.41. The van der Waals surface area contributed by atoms with Gasteiger partial charge in [-0.1, -0.05) is 49.7 Å². The standard InChI is InChI=1S/C25H25NO5/c1-4-5-13-26-21(17-11-7-6-9-15(17)2)20(23(28)25(26)29)22(27)19-14-16-10-8-12-18(30-3)24(16)31-19/h6-12,14,21,28H,4-5,13H2,1-3H3. The molecule has 0 saturated heterocycles. The SMILES string of the molecule is CCCCN1C(=O)C(O)=C(C(=O)c2cc3cccc(OC)c3o2)C1c1ccccc1C. The fourth-order valence-electron chi connectivity index (χ4n) is 4.10. The van der Waals surface area contributed by atoms with Crippen LogP contribution in [-0.2, 0) is 4.79 Å². The van der Waals surface area contributed by atoms with E-state index in [4.69, 9.17) is 9.15 Å². The van der Waals surface area contributed by atoms with Crippen LogP contribution in [0.4, 0.5) is 0 Å². The number of hydrogen-bond donors (Lipinski definition) is 1. The lowest BCUT2D eigenvalue weighted by Gasteiger charge is -2.27. The van der Waals surface area contributed by atoms with Crippen LogP contribution in [0.25, 0.3) is 11.0 Å². The van der Waals surface area contributed by atoms with Crippen LogP contribution in [0.1, 0.15) is 47.5 Å². The van der Waals surface area contributed by atoms with Gasteiger partial charge in [-0.25, -0.2) is 0 Å². The third kappa shape index (κ3) is 3.48. The van der Waals surface area contributed by atoms with Crippen LogP contribution in [0.2, 0.25) is 0 Å². The number of furan rings is 1. The summed E-state index contributed by atoms with van der Waals surface area (Å²) in [7, 11) is 1.53. The number of amides is 1. The molecule has 1 aromatic heterocycles. The molecule has 0 bridgehead atoms. The number of carbonyl (C=O) groups is 2. The molecule has 1 atom stereocenters. The molecule has 2 heterocycles. The zero-order valence-electron chi connectivity index (χ0n) is 17.8. The van der Waals surface area contributed by atoms with Crippen LogP contribution < -0.4 is 4.74 Å². The molecule has 3 aromatic rings. The van der Waals surface area contributed by atoms with E-state index in [1.165, 1.54) is 7.11 Å². The maximum absolute atomic E-state index is 13.6. The largest absolute Gasteiger partial charge is 0.503 e. The molecule has 160 valence electrons. The van der Waals surface area contributed by atoms with E-state index in [9.17, 15) is 14.7 Å². The van der Waals surface area contributed by atoms with E-state index in [1.54, 1.807) is 17.0 Å². The minimum absolute atomic E-state index is 0.0495. The predicted octanol–water partition coefficient (Wildman–Crippen LogP) is 5.13. The third-order valence-corrected chi connectivity index (χ3v) is 5.74. The van der Waals surface area contributed by atoms with Crippen molar-refractivity contribution in [3.63, 3.8) is 0 Å². The van der Waals surface area contributed by atoms with Gasteiger partial charge in [0.1, 0.15) is 0 Å². The summed E-state index contributed by atoms with van der Waals surface area (Å²) in [6, 6.07) is 13.9. The Morgan fingerprint density at radius 1 is 1.19 bits per heavy atom. The van der Waals surface area contributed by atoms with Crippen LogP contribution in [0.5, 0.6) is 5.75 Å². The number of ether oxygens (including phenoxy) is 1. The number of aryl methyl sites for hydroxylation is 1. The van der Waals surface area contributed by atoms with Gasteiger partial charge >= 0.3 is 0 Å². The summed E-state index contributed by atoms with van der Waals surface area (Å²) in [5.74, 6) is -0.973. The summed E-state index contributed by atoms with van der Waals surface area (Å²) in [5.41, 5.74) is 2.25. The smallest absolute Gasteiger partial charge is 0.290 e. The van der Waals surface area contributed by atoms with Gasteiger partial charge in [-0.05, 0) is 36.6 Å². The Morgan fingerprint density at radius 3 is 2.68 bits per heavy atom. The van der Waals surface area contributed by atoms with Crippen LogP contribution in [0.15, 0.2) is 64.3 Å². The lowest BCUT2D eigenvalue weighted by Crippen LogP contribution is -2.32. The molecule has 1 N–H and O–H groups in total. The van der Waals surface area contributed by atoms with Crippen molar-refractivity contribution >= 4 is 22.7 Å². The van der Waals surface area contributed by atoms with Gasteiger partial charge in [-0.2, -0.15) is 0 Å². The highest BCUT2D eigenvalue weighted by Crippen LogP contribution is 2.41. The fourth-order valence-corrected chi connectivity index (χ4v) is 4.10. The number of para-hydroxylation sites is 1. The van der Waals surface area contributed by atoms with Gasteiger partial charge in [-0.3, -0.25) is 9.59 Å². The van der Waals surface area contributed by atoms with E-state index in [-0.39, 0.29) is 11.3 Å². The summed E-state index contributed by atoms with van der Waals surface area (Å²) >= 11 is 0. The first kappa shape index (κ1) is 20.7. The van der Waals surface area contributed by atoms with Crippen molar-refractivity contribution in [3.05, 3.63) is 76.8 Å². The highest BCUT2D eigenvalue weighted by atomic mass is 16.5. The Hall–Kier alpha value is -3.54. The minimum Gasteiger partial charge on any atom is -0.503 e. The first-order valence-corrected chi connectivity index (χ1v) is 10.4. The van der Waals surface area contributed by atoms with Crippen molar-refractivity contribution in [1.29, 1.82) is 0 Å². The van der Waals surface area contributed by atoms with Crippen molar-refractivity contribution in [2.45, 2.75) is 32.7 Å². The molecule has 4 rings (SSSR count). The van der Waals surface area contributed by atoms with Crippen molar-refractivity contribution in [3.8, 4) is 5.75 Å². The molecule has 1 aliphatic rings. The summed E-state index contributed by atoms with van der Waals surface area (Å²) in [5, 5.41) is 11.5. The molecule has 6 nitrogen and oxygen atoms in total. The van der Waals surface area contributed by atoms with Gasteiger partial charge in [-0.15, -0.1) is 0 Å². The van der Waals surface area contributed by atoms with E-state index in [0.717, 1.165) is 24.0 Å². The Labute approximate surface area is 180 Å². The van der Waals surface area contributed by atoms with Crippen LogP contribution in [-0.4, -0.2) is 35.4 Å². The van der Waals surface area contributed by atoms with Gasteiger partial charge in [0, 0.05) is 11.9 Å². The second-order valence-electron chi connectivity index (χ2n) is 7.69. The molecule has 31 heavy (non-hydrogen) atoms. The number of fused-ring (bicyclic) bond motifs is 1. The lowest BCUT2D eigenvalue weighted by atomic mass is 9.92. The third-order valence-electron chi connectivity index (χ3n) is 5.74. The zero-order valence-corrected chi connectivity index (χ0v) is 17.8. The van der Waals surface area contributed by atoms with Crippen molar-refractivity contribution in [1.82, 2.24) is 4.90 Å². The van der Waals surface area contributed by atoms with Gasteiger partial charge in [0.05, 0.1) is 18.7 Å². The van der Waals surface area contributed by atoms with E-state index < -0.39 is 23.5 Å². The van der Waals surface area contributed by atoms with Gasteiger partial charge in [0.2, 0.25) is 5.78 Å². The second kappa shape index (κ2) is 8.30. The van der Waals surface area contributed by atoms with Crippen LogP contribution in [0.3, 0.4) is 0 Å². The number of rotatable bonds is 7. The molecular formula is C25H25NO5. The van der Waals surface area contributed by atoms with Crippen molar-refractivity contribution < 1.29 is 23.8 Å². The molecular weight excluding hydrogens is 394 g/mol. The number of benzene rings is 2. The monoisotopic (exact) mass is 419 g/mol. The number of aliphatic hydroxyl groups is 1. The number of aliphatic hydroxyl groups excluding tert-OH is 1. The molecule has 1 amide bonds. The Bertz CT molecular complexity index is 1190. The van der Waals surface area contributed by atoms with Gasteiger partial charge < -0.3 is 19.2 Å². The summed E-state index contributed by atoms with van der Waals surface area (Å²) in [4.78, 5) is 28.1. The number of hydrogen-bond acceptors (Lipinski definition) is 5. The number of unbranched alkanes of at least 4 members (excludes halogenated alkanes) is 1. The highest BCUT2D eigenvalue weighted by Gasteiger charge is 2.44. The Balaban J connectivity index is 1.83. The molecule has 0 saturated carbocycles. The molecule has 0 spiro atoms. The molecule has 0 fully saturated rings. The first-order valence-electron chi connectivity index (χ1n) is 10.4. The van der Waals surface area contributed by atoms with Crippen molar-refractivity contribution in [2.75, 3.05) is 13.7 Å². The van der Waals surface area contributed by atoms with Crippen LogP contribution >= 0.6 is 0 Å². The van der Waals surface area contributed by atoms with E-state index in [2.05, 4.69) is 0 Å². The number of carbonyl (C=O) groups excluding carboxylic acids is 2. The molecule has 1 unspecified atom stereocenters. The molecule has 0 radical (unpaired) electrons. The zero-order chi connectivity index (χ0) is 22.1. The highest BCUT2D eigenvalue weighted by molar-refractivity contribution is 6.16. The Kier molecular flexibility index (Phi) is 5.55. The molecule has 2 aromatic carbocycles. The normalized spacial score (nSPS) is 16.4. The maximum Gasteiger partial charge on any atom is 0.290 e.